The van der Waals surface area contributed by atoms with Gasteiger partial charge in [0, 0.05) is 21.5 Å². The molecule has 0 saturated carbocycles. The lowest BCUT2D eigenvalue weighted by Crippen LogP contribution is -2.41. The maximum absolute atomic E-state index is 16.3. The lowest BCUT2D eigenvalue weighted by atomic mass is 10.0. The van der Waals surface area contributed by atoms with E-state index < -0.39 is 7.14 Å². The summed E-state index contributed by atoms with van der Waals surface area (Å²) < 4.78 is 27.8. The summed E-state index contributed by atoms with van der Waals surface area (Å²) in [6, 6.07) is 22.1. The smallest absolute Gasteiger partial charge is 0.186 e. The van der Waals surface area contributed by atoms with Crippen LogP contribution in [0.5, 0.6) is 11.5 Å². The molecule has 2 aromatic heterocycles. The van der Waals surface area contributed by atoms with Crippen molar-refractivity contribution >= 4 is 66.7 Å². The standard InChI is InChI=1S/C35H25N2O2P/c1-16-6-8-23-21(10-16)29-19(4)14-27-34-31(29)36(23)25-12-18(3)13-26-33(25)40(34,38)35-28(39-27)15-20(5)30-22-11-17(2)7-9-24(22)37(26)32(30)35/h6-15H,1-5H3. The fraction of sp³-hybridized carbons (Fsp3) is 0.143. The first-order valence-electron chi connectivity index (χ1n) is 13.9. The number of hydrogen-bond donors (Lipinski definition) is 0. The molecule has 0 amide bonds. The number of fused-ring (bicyclic) bond motifs is 8. The predicted molar refractivity (Wildman–Crippen MR) is 165 cm³/mol. The van der Waals surface area contributed by atoms with Crippen LogP contribution in [0.15, 0.2) is 60.7 Å². The first-order chi connectivity index (χ1) is 19.3. The third-order valence-electron chi connectivity index (χ3n) is 9.51. The summed E-state index contributed by atoms with van der Waals surface area (Å²) >= 11 is 0. The molecule has 0 aliphatic carbocycles. The van der Waals surface area contributed by atoms with E-state index in [1.807, 2.05) is 0 Å². The molecule has 192 valence electrons. The van der Waals surface area contributed by atoms with Gasteiger partial charge < -0.3 is 18.4 Å². The molecule has 40 heavy (non-hydrogen) atoms. The van der Waals surface area contributed by atoms with E-state index >= 15 is 4.57 Å². The van der Waals surface area contributed by atoms with Gasteiger partial charge in [0.05, 0.1) is 49.4 Å². The summed E-state index contributed by atoms with van der Waals surface area (Å²) in [5.74, 6) is 1.47. The van der Waals surface area contributed by atoms with E-state index in [9.17, 15) is 0 Å². The summed E-state index contributed by atoms with van der Waals surface area (Å²) in [6.45, 7) is 10.8. The van der Waals surface area contributed by atoms with Crippen LogP contribution in [-0.2, 0) is 4.57 Å². The SMILES string of the molecule is Cc1cc2c3c(c1)-n1c4ccc(C)cc4c4c(C)cc5c(c41)P3(=O)c1c(cc(C)c3c4cc(C)ccc4n-2c13)O5. The Kier molecular flexibility index (Phi) is 3.43. The van der Waals surface area contributed by atoms with Crippen LogP contribution in [-0.4, -0.2) is 9.13 Å². The molecule has 5 heterocycles. The van der Waals surface area contributed by atoms with Gasteiger partial charge in [-0.15, -0.1) is 0 Å². The molecule has 5 aromatic carbocycles. The Labute approximate surface area is 230 Å². The Balaban J connectivity index is 1.57. The van der Waals surface area contributed by atoms with Crippen molar-refractivity contribution in [2.45, 2.75) is 34.6 Å². The summed E-state index contributed by atoms with van der Waals surface area (Å²) in [7, 11) is -3.28. The van der Waals surface area contributed by atoms with Crippen molar-refractivity contribution in [1.82, 2.24) is 9.13 Å². The van der Waals surface area contributed by atoms with Crippen LogP contribution >= 0.6 is 7.14 Å². The number of ether oxygens (including phenoxy) is 1. The zero-order valence-electron chi connectivity index (χ0n) is 22.9. The van der Waals surface area contributed by atoms with Gasteiger partial charge in [0.2, 0.25) is 0 Å². The fourth-order valence-electron chi connectivity index (χ4n) is 8.09. The zero-order valence-corrected chi connectivity index (χ0v) is 23.8. The largest absolute Gasteiger partial charge is 0.456 e. The van der Waals surface area contributed by atoms with E-state index in [2.05, 4.69) is 104 Å². The number of rotatable bonds is 0. The monoisotopic (exact) mass is 536 g/mol. The highest BCUT2D eigenvalue weighted by Crippen LogP contribution is 2.62. The second-order valence-corrected chi connectivity index (χ2v) is 14.7. The average molecular weight is 537 g/mol. The Morgan fingerprint density at radius 2 is 1.05 bits per heavy atom. The van der Waals surface area contributed by atoms with Crippen LogP contribution in [0.25, 0.3) is 55.0 Å². The molecule has 3 aliphatic heterocycles. The Morgan fingerprint density at radius 1 is 0.575 bits per heavy atom. The van der Waals surface area contributed by atoms with Gasteiger partial charge in [0.25, 0.3) is 0 Å². The second-order valence-electron chi connectivity index (χ2n) is 12.1. The molecule has 10 rings (SSSR count). The van der Waals surface area contributed by atoms with Crippen molar-refractivity contribution < 1.29 is 9.30 Å². The minimum absolute atomic E-state index is 0.734. The molecule has 5 heteroatoms. The van der Waals surface area contributed by atoms with Gasteiger partial charge in [-0.25, -0.2) is 0 Å². The Bertz CT molecular complexity index is 2330. The topological polar surface area (TPSA) is 36.2 Å². The van der Waals surface area contributed by atoms with Crippen molar-refractivity contribution in [3.05, 3.63) is 88.5 Å². The van der Waals surface area contributed by atoms with Gasteiger partial charge in [-0.2, -0.15) is 0 Å². The van der Waals surface area contributed by atoms with Crippen LogP contribution in [0.4, 0.5) is 0 Å². The zero-order chi connectivity index (χ0) is 27.0. The van der Waals surface area contributed by atoms with E-state index in [0.717, 1.165) is 77.5 Å². The van der Waals surface area contributed by atoms with Gasteiger partial charge >= 0.3 is 0 Å². The third-order valence-corrected chi connectivity index (χ3v) is 12.7. The molecule has 4 nitrogen and oxygen atoms in total. The molecule has 0 saturated heterocycles. The van der Waals surface area contributed by atoms with Gasteiger partial charge in [0.15, 0.2) is 7.14 Å². The van der Waals surface area contributed by atoms with Crippen LogP contribution in [0.3, 0.4) is 0 Å². The number of aromatic nitrogens is 2. The molecule has 7 aromatic rings. The molecule has 0 unspecified atom stereocenters. The Hall–Kier alpha value is -4.27. The van der Waals surface area contributed by atoms with E-state index in [1.54, 1.807) is 0 Å². The maximum atomic E-state index is 16.3. The molecule has 0 fully saturated rings. The summed E-state index contributed by atoms with van der Waals surface area (Å²) in [6.07, 6.45) is 0. The minimum Gasteiger partial charge on any atom is -0.456 e. The third kappa shape index (κ3) is 2.08. The van der Waals surface area contributed by atoms with Gasteiger partial charge in [-0.05, 0) is 99.8 Å². The maximum Gasteiger partial charge on any atom is 0.186 e. The highest BCUT2D eigenvalue weighted by molar-refractivity contribution is 7.87. The van der Waals surface area contributed by atoms with Gasteiger partial charge in [-0.1, -0.05) is 23.3 Å². The van der Waals surface area contributed by atoms with E-state index in [1.165, 1.54) is 32.7 Å². The van der Waals surface area contributed by atoms with Gasteiger partial charge in [-0.3, -0.25) is 0 Å². The van der Waals surface area contributed by atoms with Crippen LogP contribution in [0.2, 0.25) is 0 Å². The normalized spacial score (nSPS) is 15.1. The highest BCUT2D eigenvalue weighted by Gasteiger charge is 2.52. The molecule has 0 radical (unpaired) electrons. The van der Waals surface area contributed by atoms with Crippen LogP contribution < -0.4 is 20.7 Å². The van der Waals surface area contributed by atoms with E-state index in [-0.39, 0.29) is 0 Å². The molecule has 0 N–H and O–H groups in total. The minimum atomic E-state index is -3.28. The summed E-state index contributed by atoms with van der Waals surface area (Å²) in [5, 5.41) is 7.44. The lowest BCUT2D eigenvalue weighted by molar-refractivity contribution is 0.485. The number of hydrogen-bond acceptors (Lipinski definition) is 2. The van der Waals surface area contributed by atoms with Crippen molar-refractivity contribution in [2.75, 3.05) is 0 Å². The van der Waals surface area contributed by atoms with Gasteiger partial charge in [0.1, 0.15) is 11.5 Å². The molecule has 0 atom stereocenters. The summed E-state index contributed by atoms with van der Waals surface area (Å²) in [5.41, 5.74) is 12.3. The Morgan fingerprint density at radius 3 is 1.52 bits per heavy atom. The van der Waals surface area contributed by atoms with Crippen molar-refractivity contribution in [3.8, 4) is 22.9 Å². The lowest BCUT2D eigenvalue weighted by Gasteiger charge is -2.39. The van der Waals surface area contributed by atoms with Crippen LogP contribution in [0, 0.1) is 34.6 Å². The quantitative estimate of drug-likeness (QED) is 0.186. The summed E-state index contributed by atoms with van der Waals surface area (Å²) in [4.78, 5) is 0. The molecule has 0 bridgehead atoms. The molecular formula is C35H25N2O2P. The first kappa shape index (κ1) is 21.5. The number of aryl methyl sites for hydroxylation is 5. The number of benzene rings is 5. The first-order valence-corrected chi connectivity index (χ1v) is 15.6. The highest BCUT2D eigenvalue weighted by atomic mass is 31.2. The average Bonchev–Trinajstić information content (AvgIpc) is 3.40. The number of nitrogens with zero attached hydrogens (tertiary/aromatic N) is 2. The molecule has 3 aliphatic rings. The predicted octanol–water partition coefficient (Wildman–Crippen LogP) is 7.79. The van der Waals surface area contributed by atoms with Crippen molar-refractivity contribution in [3.63, 3.8) is 0 Å². The van der Waals surface area contributed by atoms with Crippen molar-refractivity contribution in [2.24, 2.45) is 0 Å². The van der Waals surface area contributed by atoms with Crippen molar-refractivity contribution in [1.29, 1.82) is 0 Å². The fourth-order valence-corrected chi connectivity index (χ4v) is 11.6. The van der Waals surface area contributed by atoms with E-state index in [0.29, 0.717) is 0 Å². The second kappa shape index (κ2) is 6.37. The molecule has 0 spiro atoms. The van der Waals surface area contributed by atoms with E-state index in [4.69, 9.17) is 4.74 Å². The van der Waals surface area contributed by atoms with Crippen LogP contribution in [0.1, 0.15) is 27.8 Å². The molecular weight excluding hydrogens is 511 g/mol.